The van der Waals surface area contributed by atoms with Crippen molar-refractivity contribution in [3.05, 3.63) is 65.2 Å². The predicted molar refractivity (Wildman–Crippen MR) is 130 cm³/mol. The van der Waals surface area contributed by atoms with Crippen molar-refractivity contribution in [1.82, 2.24) is 15.1 Å². The zero-order valence-electron chi connectivity index (χ0n) is 19.8. The first-order chi connectivity index (χ1) is 15.8. The Morgan fingerprint density at radius 3 is 2.27 bits per heavy atom. The van der Waals surface area contributed by atoms with Crippen LogP contribution in [0.1, 0.15) is 35.3 Å². The lowest BCUT2D eigenvalue weighted by Crippen LogP contribution is -2.50. The highest BCUT2D eigenvalue weighted by Gasteiger charge is 2.23. The van der Waals surface area contributed by atoms with Gasteiger partial charge in [-0.2, -0.15) is 0 Å². The third-order valence-corrected chi connectivity index (χ3v) is 5.68. The Morgan fingerprint density at radius 2 is 1.61 bits per heavy atom. The van der Waals surface area contributed by atoms with E-state index in [1.807, 2.05) is 54.8 Å². The number of para-hydroxylation sites is 1. The van der Waals surface area contributed by atoms with Gasteiger partial charge in [0.2, 0.25) is 11.8 Å². The first-order valence-electron chi connectivity index (χ1n) is 11.5. The molecular weight excluding hydrogens is 416 g/mol. The molecule has 1 heterocycles. The third-order valence-electron chi connectivity index (χ3n) is 5.68. The predicted octanol–water partition coefficient (Wildman–Crippen LogP) is 2.71. The lowest BCUT2D eigenvalue weighted by Gasteiger charge is -2.34. The first kappa shape index (κ1) is 24.5. The number of hydrogen-bond donors (Lipinski definition) is 2. The van der Waals surface area contributed by atoms with Gasteiger partial charge in [0.25, 0.3) is 5.91 Å². The Bertz CT molecular complexity index is 964. The summed E-state index contributed by atoms with van der Waals surface area (Å²) in [4.78, 5) is 41.6. The van der Waals surface area contributed by atoms with E-state index in [9.17, 15) is 14.4 Å². The lowest BCUT2D eigenvalue weighted by atomic mass is 10.1. The van der Waals surface area contributed by atoms with Crippen LogP contribution < -0.4 is 10.6 Å². The van der Waals surface area contributed by atoms with Gasteiger partial charge >= 0.3 is 0 Å². The fourth-order valence-electron chi connectivity index (χ4n) is 3.72. The van der Waals surface area contributed by atoms with Crippen molar-refractivity contribution in [1.29, 1.82) is 0 Å². The molecule has 1 aliphatic heterocycles. The second-order valence-electron chi connectivity index (χ2n) is 9.02. The highest BCUT2D eigenvalue weighted by Crippen LogP contribution is 2.15. The number of aryl methyl sites for hydroxylation is 1. The zero-order chi connectivity index (χ0) is 23.8. The number of benzene rings is 2. The molecule has 0 saturated carbocycles. The van der Waals surface area contributed by atoms with Gasteiger partial charge in [0.1, 0.15) is 0 Å². The quantitative estimate of drug-likeness (QED) is 0.648. The number of hydrogen-bond acceptors (Lipinski definition) is 4. The Labute approximate surface area is 196 Å². The van der Waals surface area contributed by atoms with Crippen LogP contribution in [-0.4, -0.2) is 66.8 Å². The van der Waals surface area contributed by atoms with Gasteiger partial charge in [-0.3, -0.25) is 19.3 Å². The number of carbonyl (C=O) groups is 3. The van der Waals surface area contributed by atoms with E-state index in [4.69, 9.17) is 0 Å². The minimum absolute atomic E-state index is 0.115. The summed E-state index contributed by atoms with van der Waals surface area (Å²) in [6, 6.07) is 15.1. The van der Waals surface area contributed by atoms with Crippen LogP contribution >= 0.6 is 0 Å². The van der Waals surface area contributed by atoms with Gasteiger partial charge in [-0.15, -0.1) is 0 Å². The fourth-order valence-corrected chi connectivity index (χ4v) is 3.72. The van der Waals surface area contributed by atoms with Crippen molar-refractivity contribution in [2.45, 2.75) is 27.2 Å². The Balaban J connectivity index is 1.47. The number of nitrogens with one attached hydrogen (secondary N) is 2. The largest absolute Gasteiger partial charge is 0.352 e. The molecule has 0 radical (unpaired) electrons. The molecule has 3 rings (SSSR count). The first-order valence-corrected chi connectivity index (χ1v) is 11.5. The molecule has 176 valence electrons. The minimum atomic E-state index is -0.194. The van der Waals surface area contributed by atoms with Crippen molar-refractivity contribution >= 4 is 23.4 Å². The lowest BCUT2D eigenvalue weighted by molar-refractivity contribution is -0.132. The summed E-state index contributed by atoms with van der Waals surface area (Å²) < 4.78 is 0. The topological polar surface area (TPSA) is 81.8 Å². The molecule has 1 aliphatic rings. The number of piperazine rings is 1. The molecule has 2 N–H and O–H groups in total. The molecule has 0 unspecified atom stereocenters. The molecule has 2 aromatic rings. The van der Waals surface area contributed by atoms with E-state index < -0.39 is 0 Å². The summed E-state index contributed by atoms with van der Waals surface area (Å²) in [7, 11) is 0. The third kappa shape index (κ3) is 7.43. The Kier molecular flexibility index (Phi) is 8.60. The maximum absolute atomic E-state index is 12.6. The van der Waals surface area contributed by atoms with Crippen LogP contribution in [0, 0.1) is 12.8 Å². The summed E-state index contributed by atoms with van der Waals surface area (Å²) in [5.41, 5.74) is 3.16. The van der Waals surface area contributed by atoms with Gasteiger partial charge in [0.05, 0.1) is 24.2 Å². The van der Waals surface area contributed by atoms with E-state index in [0.29, 0.717) is 56.3 Å². The summed E-state index contributed by atoms with van der Waals surface area (Å²) in [5.74, 6) is 0.0984. The van der Waals surface area contributed by atoms with Gasteiger partial charge in [-0.25, -0.2) is 0 Å². The molecule has 0 spiro atoms. The van der Waals surface area contributed by atoms with Gasteiger partial charge < -0.3 is 15.5 Å². The highest BCUT2D eigenvalue weighted by molar-refractivity contribution is 6.04. The average molecular weight is 451 g/mol. The van der Waals surface area contributed by atoms with Gasteiger partial charge in [-0.1, -0.05) is 55.8 Å². The SMILES string of the molecule is Cc1ccc(CC(=O)N2CCN(CC(=O)Nc3ccccc3C(=O)NCC(C)C)CC2)cc1. The summed E-state index contributed by atoms with van der Waals surface area (Å²) >= 11 is 0. The number of carbonyl (C=O) groups excluding carboxylic acids is 3. The highest BCUT2D eigenvalue weighted by atomic mass is 16.2. The van der Waals surface area contributed by atoms with Gasteiger partial charge in [0, 0.05) is 32.7 Å². The monoisotopic (exact) mass is 450 g/mol. The molecular formula is C26H34N4O3. The number of rotatable bonds is 8. The van der Waals surface area contributed by atoms with Crippen LogP contribution in [0.2, 0.25) is 0 Å². The maximum atomic E-state index is 12.6. The minimum Gasteiger partial charge on any atom is -0.352 e. The van der Waals surface area contributed by atoms with Crippen molar-refractivity contribution in [2.75, 3.05) is 44.6 Å². The van der Waals surface area contributed by atoms with Crippen LogP contribution in [0.3, 0.4) is 0 Å². The molecule has 0 atom stereocenters. The van der Waals surface area contributed by atoms with E-state index in [1.165, 1.54) is 5.56 Å². The van der Waals surface area contributed by atoms with E-state index >= 15 is 0 Å². The van der Waals surface area contributed by atoms with Crippen LogP contribution in [0.5, 0.6) is 0 Å². The standard InChI is InChI=1S/C26H34N4O3/c1-19(2)17-27-26(33)22-6-4-5-7-23(22)28-24(31)18-29-12-14-30(15-13-29)25(32)16-21-10-8-20(3)9-11-21/h4-11,19H,12-18H2,1-3H3,(H,27,33)(H,28,31). The molecule has 2 aromatic carbocycles. The molecule has 3 amide bonds. The fraction of sp³-hybridized carbons (Fsp3) is 0.423. The van der Waals surface area contributed by atoms with Crippen molar-refractivity contribution in [2.24, 2.45) is 5.92 Å². The molecule has 1 fully saturated rings. The molecule has 33 heavy (non-hydrogen) atoms. The van der Waals surface area contributed by atoms with Crippen LogP contribution in [-0.2, 0) is 16.0 Å². The second kappa shape index (κ2) is 11.6. The number of anilines is 1. The summed E-state index contributed by atoms with van der Waals surface area (Å²) in [6.07, 6.45) is 0.399. The Hall–Kier alpha value is -3.19. The maximum Gasteiger partial charge on any atom is 0.253 e. The smallest absolute Gasteiger partial charge is 0.253 e. The van der Waals surface area contributed by atoms with Crippen molar-refractivity contribution in [3.63, 3.8) is 0 Å². The molecule has 0 bridgehead atoms. The summed E-state index contributed by atoms with van der Waals surface area (Å²) in [6.45, 7) is 9.39. The molecule has 7 heteroatoms. The van der Waals surface area contributed by atoms with E-state index in [0.717, 1.165) is 5.56 Å². The molecule has 0 aromatic heterocycles. The normalized spacial score (nSPS) is 14.2. The zero-order valence-corrected chi connectivity index (χ0v) is 19.8. The number of amides is 3. The van der Waals surface area contributed by atoms with Crippen LogP contribution in [0.25, 0.3) is 0 Å². The van der Waals surface area contributed by atoms with Crippen molar-refractivity contribution in [3.8, 4) is 0 Å². The van der Waals surface area contributed by atoms with Crippen LogP contribution in [0.4, 0.5) is 5.69 Å². The van der Waals surface area contributed by atoms with Gasteiger partial charge in [0.15, 0.2) is 0 Å². The van der Waals surface area contributed by atoms with E-state index in [2.05, 4.69) is 10.6 Å². The molecule has 7 nitrogen and oxygen atoms in total. The Morgan fingerprint density at radius 1 is 0.939 bits per heavy atom. The van der Waals surface area contributed by atoms with E-state index in [-0.39, 0.29) is 24.3 Å². The van der Waals surface area contributed by atoms with Gasteiger partial charge in [-0.05, 0) is 30.5 Å². The summed E-state index contributed by atoms with van der Waals surface area (Å²) in [5, 5.41) is 5.77. The van der Waals surface area contributed by atoms with Crippen LogP contribution in [0.15, 0.2) is 48.5 Å². The van der Waals surface area contributed by atoms with Crippen molar-refractivity contribution < 1.29 is 14.4 Å². The van der Waals surface area contributed by atoms with E-state index in [1.54, 1.807) is 24.3 Å². The second-order valence-corrected chi connectivity index (χ2v) is 9.02. The molecule has 0 aliphatic carbocycles. The number of nitrogens with zero attached hydrogens (tertiary/aromatic N) is 2. The average Bonchev–Trinajstić information content (AvgIpc) is 2.79. The molecule has 1 saturated heterocycles.